The number of methoxy groups -OCH3 is 1. The molecule has 0 radical (unpaired) electrons. The number of nitrogens with zero attached hydrogens (tertiary/aromatic N) is 2. The van der Waals surface area contributed by atoms with Gasteiger partial charge in [0, 0.05) is 0 Å². The summed E-state index contributed by atoms with van der Waals surface area (Å²) in [6.07, 6.45) is 1.46. The normalized spacial score (nSPS) is 15.0. The maximum Gasteiger partial charge on any atom is 0.270 e. The highest BCUT2D eigenvalue weighted by Gasteiger charge is 2.35. The third-order valence-corrected chi connectivity index (χ3v) is 5.41. The van der Waals surface area contributed by atoms with Gasteiger partial charge in [-0.25, -0.2) is 0 Å². The van der Waals surface area contributed by atoms with Gasteiger partial charge in [-0.05, 0) is 77.4 Å². The van der Waals surface area contributed by atoms with Gasteiger partial charge in [0.2, 0.25) is 0 Å². The molecule has 1 N–H and O–H groups in total. The van der Waals surface area contributed by atoms with Gasteiger partial charge >= 0.3 is 0 Å². The summed E-state index contributed by atoms with van der Waals surface area (Å²) in [6, 6.07) is 10.8. The highest BCUT2D eigenvalue weighted by molar-refractivity contribution is 9.10. The van der Waals surface area contributed by atoms with Crippen LogP contribution in [0.2, 0.25) is 0 Å². The Morgan fingerprint density at radius 1 is 1.26 bits per heavy atom. The minimum absolute atomic E-state index is 0.0260. The maximum absolute atomic E-state index is 13.2. The number of nitriles is 1. The second-order valence-electron chi connectivity index (χ2n) is 6.73. The predicted octanol–water partition coefficient (Wildman–Crippen LogP) is 3.81. The topological polar surface area (TPSA) is 91.7 Å². The number of anilines is 1. The lowest BCUT2D eigenvalue weighted by molar-refractivity contribution is -0.122. The highest BCUT2D eigenvalue weighted by Crippen LogP contribution is 2.37. The van der Waals surface area contributed by atoms with Gasteiger partial charge in [0.05, 0.1) is 17.3 Å². The number of benzene rings is 2. The van der Waals surface area contributed by atoms with Gasteiger partial charge in [0.25, 0.3) is 11.8 Å². The summed E-state index contributed by atoms with van der Waals surface area (Å²) in [5.41, 5.74) is 2.96. The van der Waals surface area contributed by atoms with Crippen LogP contribution in [0.25, 0.3) is 6.08 Å². The lowest BCUT2D eigenvalue weighted by atomic mass is 10.0. The van der Waals surface area contributed by atoms with Crippen LogP contribution in [0.15, 0.2) is 40.4 Å². The number of ether oxygens (including phenoxy) is 2. The summed E-state index contributed by atoms with van der Waals surface area (Å²) in [5.74, 6) is -0.415. The number of nitrogens with one attached hydrogen (secondary N) is 1. The molecule has 1 heterocycles. The number of aryl methyl sites for hydroxylation is 2. The van der Waals surface area contributed by atoms with Gasteiger partial charge in [-0.15, -0.1) is 0 Å². The molecular formula is C22H18BrN3O4S. The number of carbonyl (C=O) groups excluding carboxylic acids is 2. The molecule has 31 heavy (non-hydrogen) atoms. The fourth-order valence-electron chi connectivity index (χ4n) is 3.17. The Labute approximate surface area is 193 Å². The van der Waals surface area contributed by atoms with Crippen molar-refractivity contribution in [2.24, 2.45) is 0 Å². The SMILES string of the molecule is COc1cc(/C=C2\C(=O)NC(=S)N(c3ccc(C)cc3C)C2=O)cc(Br)c1OCC#N. The Kier molecular flexibility index (Phi) is 6.73. The summed E-state index contributed by atoms with van der Waals surface area (Å²) in [4.78, 5) is 27.1. The molecule has 0 saturated carbocycles. The number of hydrogen-bond donors (Lipinski definition) is 1. The van der Waals surface area contributed by atoms with Crippen LogP contribution in [0.4, 0.5) is 5.69 Å². The quantitative estimate of drug-likeness (QED) is 0.382. The van der Waals surface area contributed by atoms with Gasteiger partial charge < -0.3 is 9.47 Å². The molecule has 0 atom stereocenters. The molecule has 2 aromatic carbocycles. The average molecular weight is 500 g/mol. The van der Waals surface area contributed by atoms with Crippen molar-refractivity contribution in [3.63, 3.8) is 0 Å². The van der Waals surface area contributed by atoms with E-state index in [0.717, 1.165) is 11.1 Å². The molecule has 3 rings (SSSR count). The molecule has 9 heteroatoms. The minimum Gasteiger partial charge on any atom is -0.493 e. The van der Waals surface area contributed by atoms with E-state index in [4.69, 9.17) is 27.0 Å². The molecule has 1 fully saturated rings. The molecular weight excluding hydrogens is 482 g/mol. The van der Waals surface area contributed by atoms with Crippen molar-refractivity contribution in [1.29, 1.82) is 5.26 Å². The van der Waals surface area contributed by atoms with E-state index in [1.165, 1.54) is 18.1 Å². The molecule has 1 aliphatic heterocycles. The van der Waals surface area contributed by atoms with E-state index >= 15 is 0 Å². The Bertz CT molecular complexity index is 1170. The van der Waals surface area contributed by atoms with Crippen LogP contribution in [0.1, 0.15) is 16.7 Å². The maximum atomic E-state index is 13.2. The van der Waals surface area contributed by atoms with Crippen LogP contribution in [-0.2, 0) is 9.59 Å². The van der Waals surface area contributed by atoms with Crippen molar-refractivity contribution in [1.82, 2.24) is 5.32 Å². The van der Waals surface area contributed by atoms with E-state index in [9.17, 15) is 9.59 Å². The third-order valence-electron chi connectivity index (χ3n) is 4.54. The van der Waals surface area contributed by atoms with Gasteiger partial charge in [-0.3, -0.25) is 19.8 Å². The lowest BCUT2D eigenvalue weighted by Gasteiger charge is -2.30. The van der Waals surface area contributed by atoms with Crippen molar-refractivity contribution in [3.8, 4) is 17.6 Å². The number of amides is 2. The van der Waals surface area contributed by atoms with Crippen LogP contribution >= 0.6 is 28.1 Å². The molecule has 1 aliphatic rings. The van der Waals surface area contributed by atoms with Crippen LogP contribution in [0, 0.1) is 25.2 Å². The van der Waals surface area contributed by atoms with Crippen LogP contribution in [-0.4, -0.2) is 30.6 Å². The second-order valence-corrected chi connectivity index (χ2v) is 7.97. The van der Waals surface area contributed by atoms with Crippen molar-refractivity contribution < 1.29 is 19.1 Å². The van der Waals surface area contributed by atoms with Crippen LogP contribution < -0.4 is 19.7 Å². The summed E-state index contributed by atoms with van der Waals surface area (Å²) in [7, 11) is 1.46. The molecule has 1 saturated heterocycles. The summed E-state index contributed by atoms with van der Waals surface area (Å²) >= 11 is 8.64. The molecule has 0 spiro atoms. The lowest BCUT2D eigenvalue weighted by Crippen LogP contribution is -2.54. The third kappa shape index (κ3) is 4.60. The van der Waals surface area contributed by atoms with Crippen molar-refractivity contribution in [2.45, 2.75) is 13.8 Å². The summed E-state index contributed by atoms with van der Waals surface area (Å²) in [5, 5.41) is 11.4. The minimum atomic E-state index is -0.587. The largest absolute Gasteiger partial charge is 0.493 e. The zero-order valence-electron chi connectivity index (χ0n) is 17.0. The van der Waals surface area contributed by atoms with E-state index in [1.807, 2.05) is 32.0 Å². The first kappa shape index (κ1) is 22.5. The van der Waals surface area contributed by atoms with Gasteiger partial charge in [0.1, 0.15) is 11.6 Å². The second kappa shape index (κ2) is 9.29. The zero-order valence-corrected chi connectivity index (χ0v) is 19.4. The first-order chi connectivity index (χ1) is 14.8. The predicted molar refractivity (Wildman–Crippen MR) is 124 cm³/mol. The smallest absolute Gasteiger partial charge is 0.270 e. The molecule has 2 aromatic rings. The van der Waals surface area contributed by atoms with Crippen LogP contribution in [0.5, 0.6) is 11.5 Å². The number of thiocarbonyl (C=S) groups is 1. The number of halogens is 1. The molecule has 0 aliphatic carbocycles. The molecule has 2 amide bonds. The Balaban J connectivity index is 2.04. The van der Waals surface area contributed by atoms with E-state index in [0.29, 0.717) is 27.2 Å². The first-order valence-corrected chi connectivity index (χ1v) is 10.3. The molecule has 7 nitrogen and oxygen atoms in total. The number of rotatable bonds is 5. The first-order valence-electron chi connectivity index (χ1n) is 9.12. The molecule has 0 unspecified atom stereocenters. The Morgan fingerprint density at radius 3 is 2.65 bits per heavy atom. The van der Waals surface area contributed by atoms with Crippen molar-refractivity contribution >= 4 is 56.8 Å². The number of hydrogen-bond acceptors (Lipinski definition) is 6. The molecule has 0 bridgehead atoms. The number of carbonyl (C=O) groups is 2. The Hall–Kier alpha value is -3.22. The van der Waals surface area contributed by atoms with E-state index in [-0.39, 0.29) is 17.3 Å². The van der Waals surface area contributed by atoms with Gasteiger partial charge in [-0.1, -0.05) is 17.7 Å². The zero-order chi connectivity index (χ0) is 22.7. The van der Waals surface area contributed by atoms with E-state index in [2.05, 4.69) is 21.2 Å². The van der Waals surface area contributed by atoms with Crippen molar-refractivity contribution in [3.05, 3.63) is 57.1 Å². The van der Waals surface area contributed by atoms with Crippen molar-refractivity contribution in [2.75, 3.05) is 18.6 Å². The standard InChI is InChI=1S/C22H18BrN3O4S/c1-12-4-5-17(13(2)8-12)26-21(28)15(20(27)25-22(26)31)9-14-10-16(23)19(30-7-6-24)18(11-14)29-3/h4-5,8-11H,7H2,1-3H3,(H,25,27,31)/b15-9+. The highest BCUT2D eigenvalue weighted by atomic mass is 79.9. The van der Waals surface area contributed by atoms with E-state index < -0.39 is 11.8 Å². The Morgan fingerprint density at radius 2 is 2.00 bits per heavy atom. The average Bonchev–Trinajstić information content (AvgIpc) is 2.71. The van der Waals surface area contributed by atoms with Crippen LogP contribution in [0.3, 0.4) is 0 Å². The van der Waals surface area contributed by atoms with E-state index in [1.54, 1.807) is 18.2 Å². The molecule has 0 aromatic heterocycles. The summed E-state index contributed by atoms with van der Waals surface area (Å²) < 4.78 is 11.2. The van der Waals surface area contributed by atoms with Gasteiger partial charge in [-0.2, -0.15) is 5.26 Å². The summed E-state index contributed by atoms with van der Waals surface area (Å²) in [6.45, 7) is 3.67. The fraction of sp³-hybridized carbons (Fsp3) is 0.182. The van der Waals surface area contributed by atoms with Gasteiger partial charge in [0.15, 0.2) is 23.2 Å². The monoisotopic (exact) mass is 499 g/mol. The molecule has 158 valence electrons. The fourth-order valence-corrected chi connectivity index (χ4v) is 4.01.